The van der Waals surface area contributed by atoms with E-state index in [9.17, 15) is 4.79 Å². The fraction of sp³-hybridized carbons (Fsp3) is 0.909. The van der Waals surface area contributed by atoms with Crippen LogP contribution in [0.3, 0.4) is 0 Å². The highest BCUT2D eigenvalue weighted by Gasteiger charge is 2.34. The van der Waals surface area contributed by atoms with Crippen LogP contribution in [0.5, 0.6) is 0 Å². The van der Waals surface area contributed by atoms with Crippen LogP contribution in [0.25, 0.3) is 0 Å². The first-order valence-corrected chi connectivity index (χ1v) is 5.67. The molecule has 0 aliphatic carbocycles. The van der Waals surface area contributed by atoms with Crippen LogP contribution in [0.15, 0.2) is 0 Å². The first-order chi connectivity index (χ1) is 7.13. The van der Waals surface area contributed by atoms with Crippen molar-refractivity contribution in [2.75, 3.05) is 20.2 Å². The van der Waals surface area contributed by atoms with Gasteiger partial charge in [0.2, 0.25) is 0 Å². The van der Waals surface area contributed by atoms with Crippen LogP contribution in [0, 0.1) is 5.92 Å². The van der Waals surface area contributed by atoms with Gasteiger partial charge in [-0.25, -0.2) is 0 Å². The lowest BCUT2D eigenvalue weighted by atomic mass is 10.1. The Morgan fingerprint density at radius 1 is 1.67 bits per heavy atom. The fourth-order valence-corrected chi connectivity index (χ4v) is 2.25. The summed E-state index contributed by atoms with van der Waals surface area (Å²) in [5.74, 6) is 0.571. The average Bonchev–Trinajstić information content (AvgIpc) is 2.61. The summed E-state index contributed by atoms with van der Waals surface area (Å²) in [6, 6.07) is 0.301. The average molecular weight is 214 g/mol. The first kappa shape index (κ1) is 12.5. The SMILES string of the molecule is CCC(OC)C(=O)N1CC(CN)CC1C. The Labute approximate surface area is 91.8 Å². The van der Waals surface area contributed by atoms with Crippen LogP contribution in [0.1, 0.15) is 26.7 Å². The monoisotopic (exact) mass is 214 g/mol. The van der Waals surface area contributed by atoms with Gasteiger partial charge in [0.15, 0.2) is 0 Å². The van der Waals surface area contributed by atoms with Crippen molar-refractivity contribution < 1.29 is 9.53 Å². The standard InChI is InChI=1S/C11H22N2O2/c1-4-10(15-3)11(14)13-7-9(6-12)5-8(13)2/h8-10H,4-7,12H2,1-3H3. The third kappa shape index (κ3) is 2.69. The van der Waals surface area contributed by atoms with Crippen LogP contribution < -0.4 is 5.73 Å². The second kappa shape index (κ2) is 5.47. The number of carbonyl (C=O) groups excluding carboxylic acids is 1. The van der Waals surface area contributed by atoms with Crippen LogP contribution in [0.2, 0.25) is 0 Å². The van der Waals surface area contributed by atoms with Crippen LogP contribution in [-0.2, 0) is 9.53 Å². The Balaban J connectivity index is 2.60. The van der Waals surface area contributed by atoms with Gasteiger partial charge in [0, 0.05) is 19.7 Å². The molecule has 1 amide bonds. The summed E-state index contributed by atoms with van der Waals surface area (Å²) >= 11 is 0. The summed E-state index contributed by atoms with van der Waals surface area (Å²) in [7, 11) is 1.59. The molecule has 1 fully saturated rings. The minimum absolute atomic E-state index is 0.114. The van der Waals surface area contributed by atoms with E-state index in [0.29, 0.717) is 18.5 Å². The molecule has 1 aliphatic heterocycles. The van der Waals surface area contributed by atoms with Gasteiger partial charge < -0.3 is 15.4 Å². The number of hydrogen-bond acceptors (Lipinski definition) is 3. The maximum absolute atomic E-state index is 12.0. The number of likely N-dealkylation sites (tertiary alicyclic amines) is 1. The zero-order valence-electron chi connectivity index (χ0n) is 9.90. The predicted molar refractivity (Wildman–Crippen MR) is 59.4 cm³/mol. The van der Waals surface area contributed by atoms with Gasteiger partial charge >= 0.3 is 0 Å². The molecule has 0 spiro atoms. The van der Waals surface area contributed by atoms with E-state index in [1.54, 1.807) is 7.11 Å². The second-order valence-corrected chi connectivity index (χ2v) is 4.31. The van der Waals surface area contributed by atoms with Crippen molar-refractivity contribution in [1.29, 1.82) is 0 Å². The third-order valence-corrected chi connectivity index (χ3v) is 3.21. The molecule has 1 aliphatic rings. The smallest absolute Gasteiger partial charge is 0.251 e. The molecule has 1 rings (SSSR count). The van der Waals surface area contributed by atoms with E-state index >= 15 is 0 Å². The molecule has 3 atom stereocenters. The molecule has 4 nitrogen and oxygen atoms in total. The molecule has 15 heavy (non-hydrogen) atoms. The van der Waals surface area contributed by atoms with Gasteiger partial charge in [0.1, 0.15) is 6.10 Å². The van der Waals surface area contributed by atoms with Crippen LogP contribution in [0.4, 0.5) is 0 Å². The van der Waals surface area contributed by atoms with Crippen molar-refractivity contribution >= 4 is 5.91 Å². The molecule has 88 valence electrons. The van der Waals surface area contributed by atoms with E-state index in [4.69, 9.17) is 10.5 Å². The van der Waals surface area contributed by atoms with Crippen molar-refractivity contribution in [3.8, 4) is 0 Å². The summed E-state index contributed by atoms with van der Waals surface area (Å²) in [6.45, 7) is 5.50. The van der Waals surface area contributed by atoms with Crippen molar-refractivity contribution in [2.24, 2.45) is 11.7 Å². The largest absolute Gasteiger partial charge is 0.372 e. The highest BCUT2D eigenvalue weighted by molar-refractivity contribution is 5.81. The molecule has 0 aromatic rings. The van der Waals surface area contributed by atoms with Gasteiger partial charge in [-0.3, -0.25) is 4.79 Å². The molecule has 0 radical (unpaired) electrons. The van der Waals surface area contributed by atoms with Crippen LogP contribution in [-0.4, -0.2) is 43.2 Å². The lowest BCUT2D eigenvalue weighted by molar-refractivity contribution is -0.142. The minimum atomic E-state index is -0.288. The number of ether oxygens (including phenoxy) is 1. The predicted octanol–water partition coefficient (Wildman–Crippen LogP) is 0.607. The molecular formula is C11H22N2O2. The van der Waals surface area contributed by atoms with Gasteiger partial charge in [-0.1, -0.05) is 6.92 Å². The number of nitrogens with zero attached hydrogens (tertiary/aromatic N) is 1. The van der Waals surface area contributed by atoms with Crippen molar-refractivity contribution in [2.45, 2.75) is 38.8 Å². The molecule has 0 bridgehead atoms. The summed E-state index contributed by atoms with van der Waals surface area (Å²) in [4.78, 5) is 14.0. The van der Waals surface area contributed by atoms with E-state index < -0.39 is 0 Å². The van der Waals surface area contributed by atoms with E-state index in [-0.39, 0.29) is 12.0 Å². The van der Waals surface area contributed by atoms with Gasteiger partial charge in [0.05, 0.1) is 0 Å². The second-order valence-electron chi connectivity index (χ2n) is 4.31. The van der Waals surface area contributed by atoms with E-state index in [0.717, 1.165) is 19.4 Å². The molecule has 1 heterocycles. The summed E-state index contributed by atoms with van der Waals surface area (Å²) in [5.41, 5.74) is 5.63. The third-order valence-electron chi connectivity index (χ3n) is 3.21. The molecule has 3 unspecified atom stereocenters. The summed E-state index contributed by atoms with van der Waals surface area (Å²) in [5, 5.41) is 0. The number of amides is 1. The topological polar surface area (TPSA) is 55.6 Å². The lowest BCUT2D eigenvalue weighted by Crippen LogP contribution is -2.42. The molecule has 1 saturated heterocycles. The number of carbonyl (C=O) groups is 1. The normalized spacial score (nSPS) is 28.1. The van der Waals surface area contributed by atoms with Gasteiger partial charge in [-0.2, -0.15) is 0 Å². The number of methoxy groups -OCH3 is 1. The van der Waals surface area contributed by atoms with Crippen molar-refractivity contribution in [3.63, 3.8) is 0 Å². The number of nitrogens with two attached hydrogens (primary N) is 1. The Hall–Kier alpha value is -0.610. The molecule has 0 aromatic heterocycles. The van der Waals surface area contributed by atoms with E-state index in [1.165, 1.54) is 0 Å². The summed E-state index contributed by atoms with van der Waals surface area (Å²) in [6.07, 6.45) is 1.46. The van der Waals surface area contributed by atoms with Gasteiger partial charge in [-0.05, 0) is 32.2 Å². The first-order valence-electron chi connectivity index (χ1n) is 5.67. The van der Waals surface area contributed by atoms with E-state index in [2.05, 4.69) is 6.92 Å². The van der Waals surface area contributed by atoms with Gasteiger partial charge in [0.25, 0.3) is 5.91 Å². The Bertz CT molecular complexity index is 217. The fourth-order valence-electron chi connectivity index (χ4n) is 2.25. The zero-order chi connectivity index (χ0) is 11.4. The molecule has 4 heteroatoms. The Kier molecular flexibility index (Phi) is 4.54. The zero-order valence-corrected chi connectivity index (χ0v) is 9.90. The van der Waals surface area contributed by atoms with Gasteiger partial charge in [-0.15, -0.1) is 0 Å². The van der Waals surface area contributed by atoms with Crippen molar-refractivity contribution in [3.05, 3.63) is 0 Å². The molecule has 0 aromatic carbocycles. The quantitative estimate of drug-likeness (QED) is 0.746. The molecule has 0 saturated carbocycles. The molecule has 2 N–H and O–H groups in total. The van der Waals surface area contributed by atoms with E-state index in [1.807, 2.05) is 11.8 Å². The summed E-state index contributed by atoms with van der Waals surface area (Å²) < 4.78 is 5.17. The lowest BCUT2D eigenvalue weighted by Gasteiger charge is -2.25. The van der Waals surface area contributed by atoms with Crippen molar-refractivity contribution in [1.82, 2.24) is 4.90 Å². The Morgan fingerprint density at radius 3 is 2.73 bits per heavy atom. The van der Waals surface area contributed by atoms with Crippen LogP contribution >= 0.6 is 0 Å². The Morgan fingerprint density at radius 2 is 2.33 bits per heavy atom. The highest BCUT2D eigenvalue weighted by Crippen LogP contribution is 2.23. The minimum Gasteiger partial charge on any atom is -0.372 e. The maximum atomic E-state index is 12.0. The highest BCUT2D eigenvalue weighted by atomic mass is 16.5. The number of hydrogen-bond donors (Lipinski definition) is 1. The number of rotatable bonds is 4. The molecular weight excluding hydrogens is 192 g/mol. The maximum Gasteiger partial charge on any atom is 0.251 e.